The molecule has 24 heavy (non-hydrogen) atoms. The number of hydrogen-bond donors (Lipinski definition) is 2. The number of hydrogen-bond acceptors (Lipinski definition) is 3. The smallest absolute Gasteiger partial charge is 0.348 e. The van der Waals surface area contributed by atoms with Crippen LogP contribution >= 0.6 is 0 Å². The summed E-state index contributed by atoms with van der Waals surface area (Å²) in [7, 11) is 0. The highest BCUT2D eigenvalue weighted by Gasteiger charge is 2.43. The van der Waals surface area contributed by atoms with Crippen LogP contribution in [0, 0.1) is 0 Å². The van der Waals surface area contributed by atoms with Crippen LogP contribution in [-0.2, 0) is 22.3 Å². The van der Waals surface area contributed by atoms with Crippen molar-refractivity contribution in [2.24, 2.45) is 0 Å². The quantitative estimate of drug-likeness (QED) is 0.812. The van der Waals surface area contributed by atoms with Gasteiger partial charge in [0, 0.05) is 0 Å². The molecule has 0 radical (unpaired) electrons. The highest BCUT2D eigenvalue weighted by Crippen LogP contribution is 2.27. The van der Waals surface area contributed by atoms with Gasteiger partial charge in [0.1, 0.15) is 11.2 Å². The van der Waals surface area contributed by atoms with E-state index in [-0.39, 0.29) is 5.69 Å². The van der Waals surface area contributed by atoms with E-state index in [0.29, 0.717) is 0 Å². The standard InChI is InChI=1S/C13H13F6N3O2/c1-11(2,22-10(24)13(17,18)19)9(23)20-6-7-4-3-5-8(21-7)12(14,15)16/h3-5H,6H2,1-2H3,(H,20,23)(H,22,24). The molecule has 0 saturated heterocycles. The number of aromatic nitrogens is 1. The van der Waals surface area contributed by atoms with Crippen molar-refractivity contribution >= 4 is 11.8 Å². The normalized spacial score (nSPS) is 12.7. The molecule has 0 saturated carbocycles. The monoisotopic (exact) mass is 357 g/mol. The third-order valence-corrected chi connectivity index (χ3v) is 2.78. The second kappa shape index (κ2) is 6.65. The number of alkyl halides is 6. The molecule has 1 aromatic heterocycles. The van der Waals surface area contributed by atoms with Crippen LogP contribution in [0.1, 0.15) is 25.2 Å². The summed E-state index contributed by atoms with van der Waals surface area (Å²) in [6.45, 7) is 1.59. The van der Waals surface area contributed by atoms with Crippen molar-refractivity contribution in [1.29, 1.82) is 0 Å². The Balaban J connectivity index is 2.73. The van der Waals surface area contributed by atoms with Gasteiger partial charge in [-0.05, 0) is 26.0 Å². The first kappa shape index (κ1) is 19.7. The fourth-order valence-corrected chi connectivity index (χ4v) is 1.54. The van der Waals surface area contributed by atoms with E-state index in [9.17, 15) is 35.9 Å². The molecule has 0 aromatic carbocycles. The van der Waals surface area contributed by atoms with Crippen LogP contribution in [0.15, 0.2) is 18.2 Å². The Morgan fingerprint density at radius 1 is 1.04 bits per heavy atom. The third kappa shape index (κ3) is 5.39. The summed E-state index contributed by atoms with van der Waals surface area (Å²) in [5.41, 5.74) is -3.23. The zero-order chi connectivity index (χ0) is 18.8. The van der Waals surface area contributed by atoms with Crippen LogP contribution < -0.4 is 10.6 Å². The van der Waals surface area contributed by atoms with E-state index in [2.05, 4.69) is 10.3 Å². The molecule has 0 spiro atoms. The van der Waals surface area contributed by atoms with E-state index in [1.807, 2.05) is 0 Å². The molecule has 0 aliphatic rings. The Hall–Kier alpha value is -2.33. The van der Waals surface area contributed by atoms with Gasteiger partial charge in [-0.2, -0.15) is 26.3 Å². The summed E-state index contributed by atoms with van der Waals surface area (Å²) in [4.78, 5) is 26.0. The zero-order valence-electron chi connectivity index (χ0n) is 12.5. The van der Waals surface area contributed by atoms with E-state index >= 15 is 0 Å². The van der Waals surface area contributed by atoms with Gasteiger partial charge in [-0.15, -0.1) is 0 Å². The number of rotatable bonds is 4. The first-order valence-corrected chi connectivity index (χ1v) is 6.44. The highest BCUT2D eigenvalue weighted by atomic mass is 19.4. The highest BCUT2D eigenvalue weighted by molar-refractivity contribution is 5.92. The van der Waals surface area contributed by atoms with Gasteiger partial charge in [0.2, 0.25) is 5.91 Å². The van der Waals surface area contributed by atoms with Gasteiger partial charge in [-0.1, -0.05) is 6.07 Å². The van der Waals surface area contributed by atoms with Crippen molar-refractivity contribution in [3.8, 4) is 0 Å². The molecule has 0 unspecified atom stereocenters. The number of carbonyl (C=O) groups excluding carboxylic acids is 2. The molecule has 2 N–H and O–H groups in total. The van der Waals surface area contributed by atoms with E-state index in [1.54, 1.807) is 0 Å². The zero-order valence-corrected chi connectivity index (χ0v) is 12.5. The Bertz CT molecular complexity index is 625. The van der Waals surface area contributed by atoms with Crippen LogP contribution in [0.3, 0.4) is 0 Å². The minimum absolute atomic E-state index is 0.142. The van der Waals surface area contributed by atoms with E-state index < -0.39 is 41.9 Å². The van der Waals surface area contributed by atoms with Crippen molar-refractivity contribution in [1.82, 2.24) is 15.6 Å². The molecule has 1 aromatic rings. The molecule has 1 rings (SSSR count). The van der Waals surface area contributed by atoms with Crippen molar-refractivity contribution < 1.29 is 35.9 Å². The molecule has 0 atom stereocenters. The van der Waals surface area contributed by atoms with Gasteiger partial charge in [-0.3, -0.25) is 9.59 Å². The molecular weight excluding hydrogens is 344 g/mol. The average molecular weight is 357 g/mol. The summed E-state index contributed by atoms with van der Waals surface area (Å²) in [5, 5.41) is 3.62. The number of pyridine rings is 1. The third-order valence-electron chi connectivity index (χ3n) is 2.78. The van der Waals surface area contributed by atoms with Crippen LogP contribution in [-0.4, -0.2) is 28.5 Å². The Kier molecular flexibility index (Phi) is 5.47. The molecule has 0 aliphatic carbocycles. The van der Waals surface area contributed by atoms with Crippen LogP contribution in [0.25, 0.3) is 0 Å². The van der Waals surface area contributed by atoms with E-state index in [4.69, 9.17) is 0 Å². The maximum atomic E-state index is 12.5. The minimum atomic E-state index is -5.17. The summed E-state index contributed by atoms with van der Waals surface area (Å²) in [6, 6.07) is 3.02. The summed E-state index contributed by atoms with van der Waals surface area (Å²) in [5.74, 6) is -3.32. The maximum absolute atomic E-state index is 12.5. The van der Waals surface area contributed by atoms with Gasteiger partial charge in [0.05, 0.1) is 12.2 Å². The lowest BCUT2D eigenvalue weighted by atomic mass is 10.0. The lowest BCUT2D eigenvalue weighted by Gasteiger charge is -2.25. The molecule has 0 aliphatic heterocycles. The van der Waals surface area contributed by atoms with E-state index in [0.717, 1.165) is 26.0 Å². The number of nitrogens with one attached hydrogen (secondary N) is 2. The average Bonchev–Trinajstić information content (AvgIpc) is 2.42. The Labute approximate surface area is 132 Å². The maximum Gasteiger partial charge on any atom is 0.471 e. The summed E-state index contributed by atoms with van der Waals surface area (Å²) < 4.78 is 74.1. The lowest BCUT2D eigenvalue weighted by Crippen LogP contribution is -2.57. The lowest BCUT2D eigenvalue weighted by molar-refractivity contribution is -0.176. The molecular formula is C13H13F6N3O2. The number of halogens is 6. The first-order chi connectivity index (χ1) is 10.7. The number of nitrogens with zero attached hydrogens (tertiary/aromatic N) is 1. The van der Waals surface area contributed by atoms with Gasteiger partial charge >= 0.3 is 18.3 Å². The molecule has 0 bridgehead atoms. The van der Waals surface area contributed by atoms with Crippen LogP contribution in [0.5, 0.6) is 0 Å². The van der Waals surface area contributed by atoms with Gasteiger partial charge in [0.25, 0.3) is 0 Å². The predicted octanol–water partition coefficient (Wildman–Crippen LogP) is 2.17. The number of amides is 2. The first-order valence-electron chi connectivity index (χ1n) is 6.44. The van der Waals surface area contributed by atoms with Crippen molar-refractivity contribution in [2.75, 3.05) is 0 Å². The fourth-order valence-electron chi connectivity index (χ4n) is 1.54. The summed E-state index contributed by atoms with van der Waals surface area (Å²) in [6.07, 6.45) is -9.83. The predicted molar refractivity (Wildman–Crippen MR) is 69.4 cm³/mol. The van der Waals surface area contributed by atoms with Crippen molar-refractivity contribution in [3.05, 3.63) is 29.6 Å². The van der Waals surface area contributed by atoms with Crippen molar-refractivity contribution in [2.45, 2.75) is 38.3 Å². The molecule has 0 fully saturated rings. The minimum Gasteiger partial charge on any atom is -0.348 e. The molecule has 1 heterocycles. The van der Waals surface area contributed by atoms with Crippen LogP contribution in [0.4, 0.5) is 26.3 Å². The van der Waals surface area contributed by atoms with Gasteiger partial charge in [0.15, 0.2) is 0 Å². The van der Waals surface area contributed by atoms with Crippen molar-refractivity contribution in [3.63, 3.8) is 0 Å². The Morgan fingerprint density at radius 3 is 2.12 bits per heavy atom. The SMILES string of the molecule is CC(C)(NC(=O)C(F)(F)F)C(=O)NCc1cccc(C(F)(F)F)n1. The fraction of sp³-hybridized carbons (Fsp3) is 0.462. The Morgan fingerprint density at radius 2 is 1.62 bits per heavy atom. The second-order valence-electron chi connectivity index (χ2n) is 5.27. The second-order valence-corrected chi connectivity index (χ2v) is 5.27. The van der Waals surface area contributed by atoms with Gasteiger partial charge in [-0.25, -0.2) is 4.98 Å². The molecule has 134 valence electrons. The molecule has 11 heteroatoms. The largest absolute Gasteiger partial charge is 0.471 e. The van der Waals surface area contributed by atoms with Gasteiger partial charge < -0.3 is 10.6 Å². The number of carbonyl (C=O) groups is 2. The van der Waals surface area contributed by atoms with Crippen LogP contribution in [0.2, 0.25) is 0 Å². The topological polar surface area (TPSA) is 71.1 Å². The molecule has 5 nitrogen and oxygen atoms in total. The van der Waals surface area contributed by atoms with E-state index in [1.165, 1.54) is 11.4 Å². The summed E-state index contributed by atoms with van der Waals surface area (Å²) >= 11 is 0. The molecule has 2 amide bonds.